The molecule has 0 amide bonds. The second-order valence-electron chi connectivity index (χ2n) is 12.8. The first-order chi connectivity index (χ1) is 23.8. The molecule has 1 aliphatic heterocycles. The smallest absolute Gasteiger partial charge is 0.0713 e. The summed E-state index contributed by atoms with van der Waals surface area (Å²) in [7, 11) is 0. The summed E-state index contributed by atoms with van der Waals surface area (Å²) in [5, 5.41) is 2.66. The van der Waals surface area contributed by atoms with E-state index in [2.05, 4.69) is 182 Å². The fraction of sp³-hybridized carbons (Fsp3) is 0.0213. The second-order valence-corrected chi connectivity index (χ2v) is 13.9. The zero-order valence-electron chi connectivity index (χ0n) is 26.2. The number of hydrogen-bond donors (Lipinski definition) is 0. The van der Waals surface area contributed by atoms with Crippen molar-refractivity contribution in [3.8, 4) is 44.5 Å². The molecule has 0 nitrogen and oxygen atoms in total. The van der Waals surface area contributed by atoms with E-state index in [0.717, 1.165) is 0 Å². The van der Waals surface area contributed by atoms with Gasteiger partial charge in [-0.15, -0.1) is 0 Å². The Morgan fingerprint density at radius 2 is 0.938 bits per heavy atom. The van der Waals surface area contributed by atoms with E-state index in [9.17, 15) is 0 Å². The van der Waals surface area contributed by atoms with Crippen LogP contribution in [0.5, 0.6) is 0 Å². The minimum absolute atomic E-state index is 0.422. The molecule has 8 aromatic carbocycles. The fourth-order valence-electron chi connectivity index (χ4n) is 8.42. The molecule has 0 saturated heterocycles. The van der Waals surface area contributed by atoms with E-state index >= 15 is 0 Å². The molecule has 0 N–H and O–H groups in total. The average Bonchev–Trinajstić information content (AvgIpc) is 3.47. The summed E-state index contributed by atoms with van der Waals surface area (Å²) in [6, 6.07) is 67.5. The molecule has 0 saturated carbocycles. The maximum absolute atomic E-state index is 2.42. The van der Waals surface area contributed by atoms with Gasteiger partial charge in [-0.05, 0) is 90.3 Å². The molecule has 0 bridgehead atoms. The SMILES string of the molecule is c1ccc(C2(c3ccccc3)c3ccccc3-c3c(-c4ccccc4-c4ccc5c(c4)-c4cccc6cccc(c46)S5)cccc32)cc1. The fourth-order valence-corrected chi connectivity index (χ4v) is 9.55. The molecule has 10 rings (SSSR count). The maximum atomic E-state index is 2.42. The van der Waals surface area contributed by atoms with Crippen molar-refractivity contribution in [3.63, 3.8) is 0 Å². The van der Waals surface area contributed by atoms with Crippen molar-refractivity contribution in [3.05, 3.63) is 204 Å². The third-order valence-corrected chi connectivity index (χ3v) is 11.5. The topological polar surface area (TPSA) is 0 Å². The first-order valence-electron chi connectivity index (χ1n) is 16.6. The minimum atomic E-state index is -0.422. The summed E-state index contributed by atoms with van der Waals surface area (Å²) in [4.78, 5) is 2.65. The molecule has 48 heavy (non-hydrogen) atoms. The molecule has 1 heteroatoms. The van der Waals surface area contributed by atoms with Crippen LogP contribution in [0.1, 0.15) is 22.3 Å². The molecule has 0 radical (unpaired) electrons. The van der Waals surface area contributed by atoms with Crippen LogP contribution in [0.3, 0.4) is 0 Å². The zero-order chi connectivity index (χ0) is 31.7. The molecule has 1 heterocycles. The molecule has 8 aromatic rings. The minimum Gasteiger partial charge on any atom is -0.0888 e. The maximum Gasteiger partial charge on any atom is 0.0713 e. The Morgan fingerprint density at radius 1 is 0.354 bits per heavy atom. The van der Waals surface area contributed by atoms with Crippen LogP contribution in [0.15, 0.2) is 192 Å². The zero-order valence-corrected chi connectivity index (χ0v) is 27.0. The van der Waals surface area contributed by atoms with E-state index in [4.69, 9.17) is 0 Å². The Balaban J connectivity index is 1.22. The van der Waals surface area contributed by atoms with Crippen LogP contribution < -0.4 is 0 Å². The lowest BCUT2D eigenvalue weighted by Gasteiger charge is -2.34. The first-order valence-corrected chi connectivity index (χ1v) is 17.4. The third kappa shape index (κ3) is 3.86. The predicted molar refractivity (Wildman–Crippen MR) is 202 cm³/mol. The van der Waals surface area contributed by atoms with Gasteiger partial charge in [-0.1, -0.05) is 176 Å². The van der Waals surface area contributed by atoms with Crippen molar-refractivity contribution in [2.75, 3.05) is 0 Å². The predicted octanol–water partition coefficient (Wildman–Crippen LogP) is 12.7. The van der Waals surface area contributed by atoms with Gasteiger partial charge in [-0.3, -0.25) is 0 Å². The Morgan fingerprint density at radius 3 is 1.71 bits per heavy atom. The standard InChI is InChI=1S/C47H30S/c1-3-16-33(17-4-1)47(34-18-5-2-6-19-34)41-25-10-9-22-39(41)46-37(24-13-26-42(46)47)36-21-8-7-20-35(36)32-28-29-43-40(30-32)38-23-11-14-31-15-12-27-44(48-43)45(31)38/h1-30H. The highest BCUT2D eigenvalue weighted by Gasteiger charge is 2.46. The van der Waals surface area contributed by atoms with Crippen LogP contribution in [0, 0.1) is 0 Å². The summed E-state index contributed by atoms with van der Waals surface area (Å²) < 4.78 is 0. The van der Waals surface area contributed by atoms with Crippen LogP contribution in [0.2, 0.25) is 0 Å². The average molecular weight is 627 g/mol. The van der Waals surface area contributed by atoms with Gasteiger partial charge in [0.1, 0.15) is 0 Å². The van der Waals surface area contributed by atoms with Crippen molar-refractivity contribution in [2.45, 2.75) is 15.2 Å². The summed E-state index contributed by atoms with van der Waals surface area (Å²) in [6.07, 6.45) is 0. The number of hydrogen-bond acceptors (Lipinski definition) is 1. The van der Waals surface area contributed by atoms with Crippen molar-refractivity contribution in [2.24, 2.45) is 0 Å². The van der Waals surface area contributed by atoms with Crippen molar-refractivity contribution < 1.29 is 0 Å². The monoisotopic (exact) mass is 626 g/mol. The van der Waals surface area contributed by atoms with Gasteiger partial charge >= 0.3 is 0 Å². The van der Waals surface area contributed by atoms with Gasteiger partial charge in [0.15, 0.2) is 0 Å². The first kappa shape index (κ1) is 27.5. The Hall–Kier alpha value is -5.63. The van der Waals surface area contributed by atoms with Gasteiger partial charge in [-0.2, -0.15) is 0 Å². The molecule has 0 aromatic heterocycles. The Labute approximate surface area is 285 Å². The van der Waals surface area contributed by atoms with Crippen molar-refractivity contribution >= 4 is 22.5 Å². The lowest BCUT2D eigenvalue weighted by Crippen LogP contribution is -2.28. The van der Waals surface area contributed by atoms with Gasteiger partial charge in [0, 0.05) is 15.2 Å². The van der Waals surface area contributed by atoms with Gasteiger partial charge in [0.05, 0.1) is 5.41 Å². The second kappa shape index (κ2) is 10.7. The quantitative estimate of drug-likeness (QED) is 0.187. The molecule has 0 atom stereocenters. The lowest BCUT2D eigenvalue weighted by molar-refractivity contribution is 0.768. The largest absolute Gasteiger partial charge is 0.0888 e. The van der Waals surface area contributed by atoms with Crippen molar-refractivity contribution in [1.29, 1.82) is 0 Å². The molecular formula is C47H30S. The highest BCUT2D eigenvalue weighted by Crippen LogP contribution is 2.59. The van der Waals surface area contributed by atoms with Gasteiger partial charge in [0.25, 0.3) is 0 Å². The Bertz CT molecular complexity index is 2480. The number of fused-ring (bicyclic) bond motifs is 5. The normalized spacial score (nSPS) is 13.5. The summed E-state index contributed by atoms with van der Waals surface area (Å²) in [6.45, 7) is 0. The molecule has 2 aliphatic rings. The van der Waals surface area contributed by atoms with E-state index in [1.165, 1.54) is 87.3 Å². The molecule has 0 spiro atoms. The molecule has 0 fully saturated rings. The van der Waals surface area contributed by atoms with Crippen LogP contribution >= 0.6 is 11.8 Å². The van der Waals surface area contributed by atoms with E-state index in [0.29, 0.717) is 0 Å². The molecular weight excluding hydrogens is 597 g/mol. The highest BCUT2D eigenvalue weighted by molar-refractivity contribution is 7.99. The highest BCUT2D eigenvalue weighted by atomic mass is 32.2. The van der Waals surface area contributed by atoms with E-state index < -0.39 is 5.41 Å². The van der Waals surface area contributed by atoms with Gasteiger partial charge in [-0.25, -0.2) is 0 Å². The van der Waals surface area contributed by atoms with Gasteiger partial charge < -0.3 is 0 Å². The molecule has 1 aliphatic carbocycles. The van der Waals surface area contributed by atoms with E-state index in [1.54, 1.807) is 0 Å². The number of rotatable bonds is 4. The van der Waals surface area contributed by atoms with Crippen LogP contribution in [0.4, 0.5) is 0 Å². The number of benzene rings is 8. The Kier molecular flexibility index (Phi) is 6.13. The molecule has 224 valence electrons. The van der Waals surface area contributed by atoms with Gasteiger partial charge in [0.2, 0.25) is 0 Å². The third-order valence-electron chi connectivity index (χ3n) is 10.4. The summed E-state index contributed by atoms with van der Waals surface area (Å²) in [5.41, 5.74) is 15.1. The van der Waals surface area contributed by atoms with E-state index in [1.807, 2.05) is 11.8 Å². The van der Waals surface area contributed by atoms with Crippen molar-refractivity contribution in [1.82, 2.24) is 0 Å². The summed E-state index contributed by atoms with van der Waals surface area (Å²) in [5.74, 6) is 0. The van der Waals surface area contributed by atoms with Crippen LogP contribution in [-0.4, -0.2) is 0 Å². The summed E-state index contributed by atoms with van der Waals surface area (Å²) >= 11 is 1.88. The van der Waals surface area contributed by atoms with Crippen LogP contribution in [-0.2, 0) is 5.41 Å². The molecule has 0 unspecified atom stereocenters. The van der Waals surface area contributed by atoms with Crippen LogP contribution in [0.25, 0.3) is 55.3 Å². The van der Waals surface area contributed by atoms with E-state index in [-0.39, 0.29) is 0 Å². The lowest BCUT2D eigenvalue weighted by atomic mass is 9.67.